The molecule has 1 N–H and O–H groups in total. The molecule has 11 heteroatoms. The fraction of sp³-hybridized carbons (Fsp3) is 0.143. The first kappa shape index (κ1) is 17.0. The number of tetrazole rings is 1. The average molecular weight is 379 g/mol. The second kappa shape index (κ2) is 7.81. The van der Waals surface area contributed by atoms with Crippen molar-refractivity contribution >= 4 is 40.5 Å². The maximum Gasteiger partial charge on any atom is 0.330 e. The van der Waals surface area contributed by atoms with Gasteiger partial charge in [-0.15, -0.1) is 21.5 Å². The number of thiophene rings is 1. The Labute approximate surface area is 150 Å². The van der Waals surface area contributed by atoms with Gasteiger partial charge in [-0.2, -0.15) is 4.80 Å². The first-order chi connectivity index (χ1) is 12.1. The molecule has 9 nitrogen and oxygen atoms in total. The van der Waals surface area contributed by atoms with Crippen LogP contribution in [-0.2, 0) is 20.9 Å². The van der Waals surface area contributed by atoms with Crippen molar-refractivity contribution in [2.75, 3.05) is 11.9 Å². The van der Waals surface area contributed by atoms with E-state index < -0.39 is 18.5 Å². The SMILES string of the molecule is O=C(COC(=O)Cn1nnc(-c2cccs2)n1)Nc1cccnc1Cl. The second-order valence-electron chi connectivity index (χ2n) is 4.67. The standard InChI is InChI=1S/C14H11ClN6O3S/c15-13-9(3-1-5-16-13)17-11(22)8-24-12(23)7-21-19-14(18-20-21)10-4-2-6-25-10/h1-6H,7-8H2,(H,17,22). The number of halogens is 1. The summed E-state index contributed by atoms with van der Waals surface area (Å²) in [6.07, 6.45) is 1.49. The lowest BCUT2D eigenvalue weighted by Crippen LogP contribution is -2.23. The molecular formula is C14H11ClN6O3S. The summed E-state index contributed by atoms with van der Waals surface area (Å²) in [7, 11) is 0. The number of hydrogen-bond acceptors (Lipinski definition) is 8. The predicted molar refractivity (Wildman–Crippen MR) is 90.0 cm³/mol. The zero-order chi connectivity index (χ0) is 17.6. The van der Waals surface area contributed by atoms with Crippen LogP contribution in [0.15, 0.2) is 35.8 Å². The number of nitrogens with zero attached hydrogens (tertiary/aromatic N) is 5. The van der Waals surface area contributed by atoms with Gasteiger partial charge in [0, 0.05) is 6.20 Å². The van der Waals surface area contributed by atoms with Crippen molar-refractivity contribution in [2.24, 2.45) is 0 Å². The molecule has 0 saturated carbocycles. The van der Waals surface area contributed by atoms with Gasteiger partial charge in [0.2, 0.25) is 5.82 Å². The third kappa shape index (κ3) is 4.58. The van der Waals surface area contributed by atoms with E-state index in [4.69, 9.17) is 16.3 Å². The molecule has 3 aromatic heterocycles. The molecule has 0 fully saturated rings. The predicted octanol–water partition coefficient (Wildman–Crippen LogP) is 1.63. The molecule has 0 radical (unpaired) electrons. The largest absolute Gasteiger partial charge is 0.454 e. The molecule has 0 aliphatic carbocycles. The van der Waals surface area contributed by atoms with E-state index in [0.29, 0.717) is 11.5 Å². The summed E-state index contributed by atoms with van der Waals surface area (Å²) < 4.78 is 4.88. The Morgan fingerprint density at radius 3 is 2.96 bits per heavy atom. The summed E-state index contributed by atoms with van der Waals surface area (Å²) in [6.45, 7) is -0.712. The van der Waals surface area contributed by atoms with Crippen LogP contribution >= 0.6 is 22.9 Å². The fourth-order valence-corrected chi connectivity index (χ4v) is 2.60. The quantitative estimate of drug-likeness (QED) is 0.512. The molecule has 3 heterocycles. The molecule has 0 unspecified atom stereocenters. The monoisotopic (exact) mass is 378 g/mol. The van der Waals surface area contributed by atoms with Crippen LogP contribution in [0.1, 0.15) is 0 Å². The van der Waals surface area contributed by atoms with E-state index in [0.717, 1.165) is 9.67 Å². The van der Waals surface area contributed by atoms with Gasteiger partial charge in [-0.25, -0.2) is 9.78 Å². The van der Waals surface area contributed by atoms with E-state index in [1.807, 2.05) is 17.5 Å². The van der Waals surface area contributed by atoms with Gasteiger partial charge in [0.05, 0.1) is 10.6 Å². The molecule has 0 aliphatic heterocycles. The molecule has 1 amide bonds. The van der Waals surface area contributed by atoms with Gasteiger partial charge in [0.15, 0.2) is 18.3 Å². The lowest BCUT2D eigenvalue weighted by atomic mass is 10.4. The minimum Gasteiger partial charge on any atom is -0.454 e. The summed E-state index contributed by atoms with van der Waals surface area (Å²) in [5.74, 6) is -0.775. The average Bonchev–Trinajstić information content (AvgIpc) is 3.26. The Kier molecular flexibility index (Phi) is 5.31. The highest BCUT2D eigenvalue weighted by Gasteiger charge is 2.13. The highest BCUT2D eigenvalue weighted by molar-refractivity contribution is 7.13. The van der Waals surface area contributed by atoms with Crippen molar-refractivity contribution in [3.8, 4) is 10.7 Å². The maximum absolute atomic E-state index is 11.8. The number of hydrogen-bond donors (Lipinski definition) is 1. The maximum atomic E-state index is 11.8. The normalized spacial score (nSPS) is 10.4. The van der Waals surface area contributed by atoms with Crippen molar-refractivity contribution in [3.63, 3.8) is 0 Å². The van der Waals surface area contributed by atoms with E-state index in [9.17, 15) is 9.59 Å². The number of pyridine rings is 1. The number of carbonyl (C=O) groups is 2. The summed E-state index contributed by atoms with van der Waals surface area (Å²) >= 11 is 7.28. The van der Waals surface area contributed by atoms with Crippen LogP contribution in [0.25, 0.3) is 10.7 Å². The van der Waals surface area contributed by atoms with Crippen LogP contribution in [0.5, 0.6) is 0 Å². The number of rotatable bonds is 6. The highest BCUT2D eigenvalue weighted by atomic mass is 35.5. The Hall–Kier alpha value is -2.85. The molecule has 3 rings (SSSR count). The van der Waals surface area contributed by atoms with Crippen LogP contribution < -0.4 is 5.32 Å². The van der Waals surface area contributed by atoms with Crippen LogP contribution in [-0.4, -0.2) is 43.7 Å². The zero-order valence-electron chi connectivity index (χ0n) is 12.6. The van der Waals surface area contributed by atoms with Gasteiger partial charge < -0.3 is 10.1 Å². The van der Waals surface area contributed by atoms with Gasteiger partial charge >= 0.3 is 5.97 Å². The topological polar surface area (TPSA) is 112 Å². The summed E-state index contributed by atoms with van der Waals surface area (Å²) in [4.78, 5) is 29.3. The van der Waals surface area contributed by atoms with Gasteiger partial charge in [-0.05, 0) is 28.8 Å². The Morgan fingerprint density at radius 2 is 2.20 bits per heavy atom. The van der Waals surface area contributed by atoms with Crippen LogP contribution in [0.3, 0.4) is 0 Å². The molecule has 3 aromatic rings. The molecule has 0 spiro atoms. The van der Waals surface area contributed by atoms with E-state index >= 15 is 0 Å². The number of carbonyl (C=O) groups excluding carboxylic acids is 2. The summed E-state index contributed by atoms with van der Waals surface area (Å²) in [5, 5.41) is 16.2. The second-order valence-corrected chi connectivity index (χ2v) is 5.98. The number of nitrogens with one attached hydrogen (secondary N) is 1. The molecule has 0 saturated heterocycles. The lowest BCUT2D eigenvalue weighted by Gasteiger charge is -2.06. The molecule has 25 heavy (non-hydrogen) atoms. The van der Waals surface area contributed by atoms with Gasteiger partial charge in [-0.1, -0.05) is 17.7 Å². The first-order valence-electron chi connectivity index (χ1n) is 6.99. The Bertz CT molecular complexity index is 882. The smallest absolute Gasteiger partial charge is 0.330 e. The summed E-state index contributed by atoms with van der Waals surface area (Å²) in [6, 6.07) is 6.91. The van der Waals surface area contributed by atoms with E-state index in [2.05, 4.69) is 25.7 Å². The minimum atomic E-state index is -0.664. The van der Waals surface area contributed by atoms with Crippen LogP contribution in [0.4, 0.5) is 5.69 Å². The molecular weight excluding hydrogens is 368 g/mol. The number of amides is 1. The first-order valence-corrected chi connectivity index (χ1v) is 8.25. The molecule has 0 bridgehead atoms. The zero-order valence-corrected chi connectivity index (χ0v) is 14.2. The number of aromatic nitrogens is 5. The van der Waals surface area contributed by atoms with Crippen molar-refractivity contribution in [3.05, 3.63) is 41.0 Å². The Balaban J connectivity index is 1.48. The van der Waals surface area contributed by atoms with Crippen molar-refractivity contribution in [1.29, 1.82) is 0 Å². The Morgan fingerprint density at radius 1 is 1.32 bits per heavy atom. The summed E-state index contributed by atoms with van der Waals surface area (Å²) in [5.41, 5.74) is 0.337. The van der Waals surface area contributed by atoms with Crippen molar-refractivity contribution < 1.29 is 14.3 Å². The van der Waals surface area contributed by atoms with Gasteiger partial charge in [-0.3, -0.25) is 4.79 Å². The van der Waals surface area contributed by atoms with Gasteiger partial charge in [0.25, 0.3) is 5.91 Å². The van der Waals surface area contributed by atoms with E-state index in [-0.39, 0.29) is 11.7 Å². The van der Waals surface area contributed by atoms with Crippen LogP contribution in [0, 0.1) is 0 Å². The number of ether oxygens (including phenoxy) is 1. The molecule has 0 atom stereocenters. The molecule has 0 aromatic carbocycles. The van der Waals surface area contributed by atoms with E-state index in [1.54, 1.807) is 12.1 Å². The third-order valence-electron chi connectivity index (χ3n) is 2.86. The number of esters is 1. The fourth-order valence-electron chi connectivity index (χ4n) is 1.79. The van der Waals surface area contributed by atoms with Gasteiger partial charge in [0.1, 0.15) is 0 Å². The molecule has 128 valence electrons. The third-order valence-corrected chi connectivity index (χ3v) is 4.03. The van der Waals surface area contributed by atoms with Crippen molar-refractivity contribution in [2.45, 2.75) is 6.54 Å². The highest BCUT2D eigenvalue weighted by Crippen LogP contribution is 2.19. The van der Waals surface area contributed by atoms with E-state index in [1.165, 1.54) is 17.5 Å². The lowest BCUT2D eigenvalue weighted by molar-refractivity contribution is -0.148. The van der Waals surface area contributed by atoms with Crippen LogP contribution in [0.2, 0.25) is 5.15 Å². The molecule has 0 aliphatic rings. The minimum absolute atomic E-state index is 0.148. The van der Waals surface area contributed by atoms with Crippen molar-refractivity contribution in [1.82, 2.24) is 25.2 Å². The number of anilines is 1.